The van der Waals surface area contributed by atoms with Crippen molar-refractivity contribution in [3.63, 3.8) is 0 Å². The standard InChI is InChI=1S/C20H23N3O5S/c1-12-6-5-7-15(14(12)3)21-19(24)10-23(4)29(26,27)18-9-17-16(8-13(18)2)22-20(25)11-28-17/h5-9H,10-11H2,1-4H3,(H,21,24)(H,22,25). The third kappa shape index (κ3) is 4.25. The largest absolute Gasteiger partial charge is 0.482 e. The number of sulfonamides is 1. The van der Waals surface area contributed by atoms with E-state index in [0.717, 1.165) is 15.4 Å². The molecule has 0 spiro atoms. The van der Waals surface area contributed by atoms with Crippen LogP contribution in [-0.2, 0) is 19.6 Å². The number of ether oxygens (including phenoxy) is 1. The third-order valence-corrected chi connectivity index (χ3v) is 6.79. The van der Waals surface area contributed by atoms with E-state index in [-0.39, 0.29) is 29.7 Å². The maximum absolute atomic E-state index is 13.0. The number of benzene rings is 2. The number of fused-ring (bicyclic) bond motifs is 1. The van der Waals surface area contributed by atoms with Crippen LogP contribution in [0.4, 0.5) is 11.4 Å². The molecule has 0 unspecified atom stereocenters. The molecule has 9 heteroatoms. The molecule has 1 heterocycles. The molecule has 0 radical (unpaired) electrons. The van der Waals surface area contributed by atoms with Crippen molar-refractivity contribution >= 4 is 33.2 Å². The highest BCUT2D eigenvalue weighted by Gasteiger charge is 2.28. The Hall–Kier alpha value is -2.91. The molecule has 1 aliphatic heterocycles. The summed E-state index contributed by atoms with van der Waals surface area (Å²) >= 11 is 0. The van der Waals surface area contributed by atoms with E-state index in [0.29, 0.717) is 16.9 Å². The van der Waals surface area contributed by atoms with E-state index >= 15 is 0 Å². The lowest BCUT2D eigenvalue weighted by molar-refractivity contribution is -0.118. The fourth-order valence-corrected chi connectivity index (χ4v) is 4.37. The van der Waals surface area contributed by atoms with Gasteiger partial charge >= 0.3 is 0 Å². The van der Waals surface area contributed by atoms with Crippen molar-refractivity contribution < 1.29 is 22.7 Å². The van der Waals surface area contributed by atoms with Gasteiger partial charge in [-0.2, -0.15) is 4.31 Å². The minimum atomic E-state index is -3.94. The highest BCUT2D eigenvalue weighted by molar-refractivity contribution is 7.89. The molecule has 8 nitrogen and oxygen atoms in total. The third-order valence-electron chi connectivity index (χ3n) is 4.84. The van der Waals surface area contributed by atoms with Crippen LogP contribution in [0.2, 0.25) is 0 Å². The average molecular weight is 417 g/mol. The Bertz CT molecular complexity index is 1100. The molecule has 0 atom stereocenters. The first-order valence-corrected chi connectivity index (χ1v) is 10.4. The molecule has 1 aliphatic rings. The SMILES string of the molecule is Cc1cc2c(cc1S(=O)(=O)N(C)CC(=O)Nc1cccc(C)c1C)OCC(=O)N2. The van der Waals surface area contributed by atoms with E-state index in [1.54, 1.807) is 19.1 Å². The lowest BCUT2D eigenvalue weighted by Gasteiger charge is -2.22. The smallest absolute Gasteiger partial charge is 0.262 e. The summed E-state index contributed by atoms with van der Waals surface area (Å²) in [4.78, 5) is 23.9. The van der Waals surface area contributed by atoms with Gasteiger partial charge in [-0.25, -0.2) is 8.42 Å². The van der Waals surface area contributed by atoms with E-state index in [4.69, 9.17) is 4.74 Å². The van der Waals surface area contributed by atoms with Crippen LogP contribution in [0.15, 0.2) is 35.2 Å². The van der Waals surface area contributed by atoms with Crippen LogP contribution < -0.4 is 15.4 Å². The van der Waals surface area contributed by atoms with Crippen molar-refractivity contribution in [2.45, 2.75) is 25.7 Å². The van der Waals surface area contributed by atoms with Crippen LogP contribution in [0.25, 0.3) is 0 Å². The minimum absolute atomic E-state index is 0.0226. The summed E-state index contributed by atoms with van der Waals surface area (Å²) in [7, 11) is -2.60. The van der Waals surface area contributed by atoms with Crippen molar-refractivity contribution in [1.29, 1.82) is 0 Å². The molecule has 0 bridgehead atoms. The zero-order chi connectivity index (χ0) is 21.3. The first kappa shape index (κ1) is 20.8. The Labute approximate surface area is 169 Å². The zero-order valence-corrected chi connectivity index (χ0v) is 17.5. The highest BCUT2D eigenvalue weighted by Crippen LogP contribution is 2.33. The van der Waals surface area contributed by atoms with Crippen LogP contribution in [-0.4, -0.2) is 44.7 Å². The molecule has 0 saturated heterocycles. The van der Waals surface area contributed by atoms with Gasteiger partial charge in [0.1, 0.15) is 5.75 Å². The number of amides is 2. The Balaban J connectivity index is 1.79. The van der Waals surface area contributed by atoms with Gasteiger partial charge in [0.2, 0.25) is 15.9 Å². The van der Waals surface area contributed by atoms with Crippen molar-refractivity contribution in [2.24, 2.45) is 0 Å². The maximum atomic E-state index is 13.0. The van der Waals surface area contributed by atoms with Gasteiger partial charge < -0.3 is 15.4 Å². The molecule has 154 valence electrons. The maximum Gasteiger partial charge on any atom is 0.262 e. The number of hydrogen-bond donors (Lipinski definition) is 2. The number of nitrogens with zero attached hydrogens (tertiary/aromatic N) is 1. The summed E-state index contributed by atoms with van der Waals surface area (Å²) in [5.41, 5.74) is 3.47. The number of rotatable bonds is 5. The first-order valence-electron chi connectivity index (χ1n) is 8.99. The Kier molecular flexibility index (Phi) is 5.63. The van der Waals surface area contributed by atoms with E-state index < -0.39 is 15.9 Å². The number of aryl methyl sites for hydroxylation is 2. The van der Waals surface area contributed by atoms with Crippen LogP contribution >= 0.6 is 0 Å². The molecule has 0 fully saturated rings. The van der Waals surface area contributed by atoms with Gasteiger partial charge in [0, 0.05) is 18.8 Å². The quantitative estimate of drug-likeness (QED) is 0.776. The second kappa shape index (κ2) is 7.84. The lowest BCUT2D eigenvalue weighted by Crippen LogP contribution is -2.35. The lowest BCUT2D eigenvalue weighted by atomic mass is 10.1. The van der Waals surface area contributed by atoms with Gasteiger partial charge in [-0.05, 0) is 49.6 Å². The van der Waals surface area contributed by atoms with Crippen LogP contribution in [0.1, 0.15) is 16.7 Å². The second-order valence-electron chi connectivity index (χ2n) is 7.01. The van der Waals surface area contributed by atoms with Gasteiger partial charge in [-0.15, -0.1) is 0 Å². The highest BCUT2D eigenvalue weighted by atomic mass is 32.2. The number of carbonyl (C=O) groups excluding carboxylic acids is 2. The molecule has 2 N–H and O–H groups in total. The molecule has 0 saturated carbocycles. The minimum Gasteiger partial charge on any atom is -0.482 e. The summed E-state index contributed by atoms with van der Waals surface area (Å²) < 4.78 is 32.3. The van der Waals surface area contributed by atoms with E-state index in [2.05, 4.69) is 10.6 Å². The number of hydrogen-bond acceptors (Lipinski definition) is 5. The number of anilines is 2. The number of likely N-dealkylation sites (N-methyl/N-ethyl adjacent to an activating group) is 1. The zero-order valence-electron chi connectivity index (χ0n) is 16.7. The predicted molar refractivity (Wildman–Crippen MR) is 110 cm³/mol. The summed E-state index contributed by atoms with van der Waals surface area (Å²) in [6.45, 7) is 4.93. The van der Waals surface area contributed by atoms with Gasteiger partial charge in [-0.3, -0.25) is 9.59 Å². The number of carbonyl (C=O) groups is 2. The summed E-state index contributed by atoms with van der Waals surface area (Å²) in [6.07, 6.45) is 0. The second-order valence-corrected chi connectivity index (χ2v) is 9.02. The molecule has 2 aromatic carbocycles. The summed E-state index contributed by atoms with van der Waals surface area (Å²) in [5, 5.41) is 5.40. The normalized spacial score (nSPS) is 13.5. The Morgan fingerprint density at radius 3 is 2.66 bits per heavy atom. The average Bonchev–Trinajstić information content (AvgIpc) is 2.64. The van der Waals surface area contributed by atoms with Crippen LogP contribution in [0.3, 0.4) is 0 Å². The molecule has 0 aliphatic carbocycles. The van der Waals surface area contributed by atoms with E-state index in [1.807, 2.05) is 26.0 Å². The van der Waals surface area contributed by atoms with E-state index in [9.17, 15) is 18.0 Å². The Morgan fingerprint density at radius 1 is 1.21 bits per heavy atom. The summed E-state index contributed by atoms with van der Waals surface area (Å²) in [5.74, 6) is -0.460. The molecule has 2 amide bonds. The topological polar surface area (TPSA) is 105 Å². The molecule has 29 heavy (non-hydrogen) atoms. The van der Waals surface area contributed by atoms with Gasteiger partial charge in [0.15, 0.2) is 6.61 Å². The van der Waals surface area contributed by atoms with Crippen LogP contribution in [0, 0.1) is 20.8 Å². The van der Waals surface area contributed by atoms with Gasteiger partial charge in [0.05, 0.1) is 17.1 Å². The number of nitrogens with one attached hydrogen (secondary N) is 2. The monoisotopic (exact) mass is 417 g/mol. The van der Waals surface area contributed by atoms with Crippen LogP contribution in [0.5, 0.6) is 5.75 Å². The molecule has 2 aromatic rings. The fourth-order valence-electron chi connectivity index (χ4n) is 3.03. The Morgan fingerprint density at radius 2 is 1.93 bits per heavy atom. The predicted octanol–water partition coefficient (Wildman–Crippen LogP) is 2.20. The first-order chi connectivity index (χ1) is 13.6. The van der Waals surface area contributed by atoms with Crippen molar-refractivity contribution in [3.8, 4) is 5.75 Å². The van der Waals surface area contributed by atoms with E-state index in [1.165, 1.54) is 13.1 Å². The van der Waals surface area contributed by atoms with Gasteiger partial charge in [-0.1, -0.05) is 12.1 Å². The molecule has 0 aromatic heterocycles. The van der Waals surface area contributed by atoms with Gasteiger partial charge in [0.25, 0.3) is 5.91 Å². The van der Waals surface area contributed by atoms with Crippen molar-refractivity contribution in [2.75, 3.05) is 30.8 Å². The summed E-state index contributed by atoms with van der Waals surface area (Å²) in [6, 6.07) is 8.45. The van der Waals surface area contributed by atoms with Crippen molar-refractivity contribution in [1.82, 2.24) is 4.31 Å². The van der Waals surface area contributed by atoms with Crippen molar-refractivity contribution in [3.05, 3.63) is 47.0 Å². The fraction of sp³-hybridized carbons (Fsp3) is 0.300. The molecular weight excluding hydrogens is 394 g/mol. The molecule has 3 rings (SSSR count). The molecular formula is C20H23N3O5S.